The minimum Gasteiger partial charge on any atom is -0.360 e. The minimum atomic E-state index is -0.0323. The number of urea groups is 1. The van der Waals surface area contributed by atoms with Crippen molar-refractivity contribution in [2.75, 3.05) is 40.3 Å². The number of rotatable bonds is 2. The molecular weight excluding hydrogens is 272 g/mol. The second-order valence-corrected chi connectivity index (χ2v) is 5.83. The van der Waals surface area contributed by atoms with E-state index in [1.165, 1.54) is 6.20 Å². The van der Waals surface area contributed by atoms with Gasteiger partial charge in [0, 0.05) is 46.2 Å². The second-order valence-electron chi connectivity index (χ2n) is 5.83. The lowest BCUT2D eigenvalue weighted by Crippen LogP contribution is -2.52. The Morgan fingerprint density at radius 2 is 1.81 bits per heavy atom. The first-order valence-corrected chi connectivity index (χ1v) is 7.28. The van der Waals surface area contributed by atoms with Crippen molar-refractivity contribution in [1.82, 2.24) is 19.9 Å². The monoisotopic (exact) mass is 292 g/mol. The Morgan fingerprint density at radius 1 is 1.19 bits per heavy atom. The van der Waals surface area contributed by atoms with Crippen molar-refractivity contribution in [1.29, 1.82) is 0 Å². The van der Waals surface area contributed by atoms with Crippen LogP contribution in [0.15, 0.2) is 10.7 Å². The Bertz CT molecular complexity index is 542. The summed E-state index contributed by atoms with van der Waals surface area (Å²) in [4.78, 5) is 29.5. The molecule has 21 heavy (non-hydrogen) atoms. The second kappa shape index (κ2) is 5.38. The third kappa shape index (κ3) is 2.72. The van der Waals surface area contributed by atoms with E-state index < -0.39 is 0 Å². The van der Waals surface area contributed by atoms with Crippen LogP contribution in [0.3, 0.4) is 0 Å². The summed E-state index contributed by atoms with van der Waals surface area (Å²) in [7, 11) is 3.47. The number of carbonyl (C=O) groups is 2. The van der Waals surface area contributed by atoms with Gasteiger partial charge < -0.3 is 19.2 Å². The number of nitrogens with zero attached hydrogens (tertiary/aromatic N) is 4. The molecule has 2 aliphatic rings. The van der Waals surface area contributed by atoms with Crippen molar-refractivity contribution >= 4 is 11.9 Å². The van der Waals surface area contributed by atoms with Crippen molar-refractivity contribution in [2.24, 2.45) is 0 Å². The zero-order valence-corrected chi connectivity index (χ0v) is 12.4. The largest absolute Gasteiger partial charge is 0.360 e. The van der Waals surface area contributed by atoms with Gasteiger partial charge in [0.25, 0.3) is 5.91 Å². The molecule has 1 aromatic heterocycles. The number of hydrogen-bond donors (Lipinski definition) is 0. The normalized spacial score (nSPS) is 18.8. The van der Waals surface area contributed by atoms with Crippen LogP contribution in [0.1, 0.15) is 34.9 Å². The van der Waals surface area contributed by atoms with E-state index in [-0.39, 0.29) is 11.9 Å². The summed E-state index contributed by atoms with van der Waals surface area (Å²) in [5.74, 6) is 1.06. The van der Waals surface area contributed by atoms with E-state index in [0.717, 1.165) is 18.6 Å². The zero-order valence-electron chi connectivity index (χ0n) is 12.4. The van der Waals surface area contributed by atoms with E-state index >= 15 is 0 Å². The van der Waals surface area contributed by atoms with E-state index in [9.17, 15) is 9.59 Å². The molecule has 0 aromatic carbocycles. The van der Waals surface area contributed by atoms with Gasteiger partial charge in [0.2, 0.25) is 0 Å². The molecule has 1 saturated heterocycles. The van der Waals surface area contributed by atoms with Gasteiger partial charge >= 0.3 is 6.03 Å². The fourth-order valence-corrected chi connectivity index (χ4v) is 2.60. The molecule has 3 rings (SSSR count). The summed E-state index contributed by atoms with van der Waals surface area (Å²) < 4.78 is 5.22. The number of hydrogen-bond acceptors (Lipinski definition) is 4. The molecular formula is C14H20N4O3. The predicted octanol–water partition coefficient (Wildman–Crippen LogP) is 0.991. The molecule has 0 bridgehead atoms. The number of piperazine rings is 1. The van der Waals surface area contributed by atoms with E-state index in [2.05, 4.69) is 5.16 Å². The van der Waals surface area contributed by atoms with Crippen molar-refractivity contribution < 1.29 is 14.1 Å². The minimum absolute atomic E-state index is 0.00857. The van der Waals surface area contributed by atoms with E-state index in [1.807, 2.05) is 0 Å². The van der Waals surface area contributed by atoms with E-state index in [1.54, 1.807) is 28.8 Å². The van der Waals surface area contributed by atoms with Crippen LogP contribution in [0.5, 0.6) is 0 Å². The molecule has 1 saturated carbocycles. The summed E-state index contributed by atoms with van der Waals surface area (Å²) in [6.07, 6.45) is 3.66. The summed E-state index contributed by atoms with van der Waals surface area (Å²) in [5.41, 5.74) is 0.588. The molecule has 0 radical (unpaired) electrons. The SMILES string of the molecule is CN(C)C(=O)N1CCN(C(=O)c2cnoc2C2CC2)CC1. The molecule has 7 nitrogen and oxygen atoms in total. The third-order valence-electron chi connectivity index (χ3n) is 4.00. The molecule has 0 spiro atoms. The maximum atomic E-state index is 12.5. The summed E-state index contributed by atoms with van der Waals surface area (Å²) in [6, 6.07) is -0.00857. The van der Waals surface area contributed by atoms with Gasteiger partial charge in [-0.3, -0.25) is 4.79 Å². The predicted molar refractivity (Wildman–Crippen MR) is 75.0 cm³/mol. The van der Waals surface area contributed by atoms with E-state index in [4.69, 9.17) is 4.52 Å². The number of aromatic nitrogens is 1. The first-order valence-electron chi connectivity index (χ1n) is 7.28. The summed E-state index contributed by atoms with van der Waals surface area (Å²) in [5, 5.41) is 3.77. The van der Waals surface area contributed by atoms with Gasteiger partial charge in [-0.05, 0) is 12.8 Å². The Morgan fingerprint density at radius 3 is 2.38 bits per heavy atom. The molecule has 7 heteroatoms. The Hall–Kier alpha value is -2.05. The molecule has 0 atom stereocenters. The Labute approximate surface area is 123 Å². The maximum Gasteiger partial charge on any atom is 0.319 e. The average Bonchev–Trinajstić information content (AvgIpc) is 3.23. The lowest BCUT2D eigenvalue weighted by molar-refractivity contribution is 0.0648. The van der Waals surface area contributed by atoms with Gasteiger partial charge in [0.1, 0.15) is 5.56 Å². The Kier molecular flexibility index (Phi) is 3.57. The number of carbonyl (C=O) groups excluding carboxylic acids is 2. The van der Waals surface area contributed by atoms with Crippen molar-refractivity contribution in [3.63, 3.8) is 0 Å². The van der Waals surface area contributed by atoms with Gasteiger partial charge in [-0.15, -0.1) is 0 Å². The first-order chi connectivity index (χ1) is 10.1. The fraction of sp³-hybridized carbons (Fsp3) is 0.643. The smallest absolute Gasteiger partial charge is 0.319 e. The lowest BCUT2D eigenvalue weighted by Gasteiger charge is -2.35. The van der Waals surface area contributed by atoms with Crippen molar-refractivity contribution in [2.45, 2.75) is 18.8 Å². The van der Waals surface area contributed by atoms with Gasteiger partial charge in [-0.2, -0.15) is 0 Å². The summed E-state index contributed by atoms with van der Waals surface area (Å²) in [6.45, 7) is 2.22. The molecule has 3 amide bonds. The molecule has 0 N–H and O–H groups in total. The van der Waals surface area contributed by atoms with Crippen LogP contribution < -0.4 is 0 Å². The summed E-state index contributed by atoms with van der Waals surface area (Å²) >= 11 is 0. The van der Waals surface area contributed by atoms with Gasteiger partial charge in [-0.1, -0.05) is 5.16 Å². The Balaban J connectivity index is 1.62. The molecule has 2 heterocycles. The highest BCUT2D eigenvalue weighted by atomic mass is 16.5. The topological polar surface area (TPSA) is 69.9 Å². The third-order valence-corrected chi connectivity index (χ3v) is 4.00. The van der Waals surface area contributed by atoms with Crippen molar-refractivity contribution in [3.8, 4) is 0 Å². The maximum absolute atomic E-state index is 12.5. The van der Waals surface area contributed by atoms with E-state index in [0.29, 0.717) is 37.7 Å². The molecule has 1 aromatic rings. The van der Waals surface area contributed by atoms with Crippen LogP contribution in [-0.2, 0) is 0 Å². The van der Waals surface area contributed by atoms with Crippen molar-refractivity contribution in [3.05, 3.63) is 17.5 Å². The molecule has 2 fully saturated rings. The van der Waals surface area contributed by atoms with Gasteiger partial charge in [0.05, 0.1) is 6.20 Å². The standard InChI is InChI=1S/C14H20N4O3/c1-16(2)14(20)18-7-5-17(6-8-18)13(19)11-9-15-21-12(11)10-3-4-10/h9-10H,3-8H2,1-2H3. The lowest BCUT2D eigenvalue weighted by atomic mass is 10.1. The van der Waals surface area contributed by atoms with Gasteiger partial charge in [0.15, 0.2) is 5.76 Å². The molecule has 1 aliphatic carbocycles. The highest BCUT2D eigenvalue weighted by Crippen LogP contribution is 2.41. The van der Waals surface area contributed by atoms with Crippen LogP contribution >= 0.6 is 0 Å². The first kappa shape index (κ1) is 13.9. The van der Waals surface area contributed by atoms with Crippen LogP contribution in [0, 0.1) is 0 Å². The molecule has 114 valence electrons. The molecule has 1 aliphatic heterocycles. The van der Waals surface area contributed by atoms with Crippen LogP contribution in [0.25, 0.3) is 0 Å². The highest BCUT2D eigenvalue weighted by Gasteiger charge is 2.34. The van der Waals surface area contributed by atoms with Crippen LogP contribution in [-0.4, -0.2) is 72.1 Å². The van der Waals surface area contributed by atoms with Gasteiger partial charge in [-0.25, -0.2) is 4.79 Å². The quantitative estimate of drug-likeness (QED) is 0.815. The highest BCUT2D eigenvalue weighted by molar-refractivity contribution is 5.95. The fourth-order valence-electron chi connectivity index (χ4n) is 2.60. The average molecular weight is 292 g/mol. The molecule has 0 unspecified atom stereocenters. The van der Waals surface area contributed by atoms with Crippen LogP contribution in [0.2, 0.25) is 0 Å². The zero-order chi connectivity index (χ0) is 15.0. The number of amides is 3. The van der Waals surface area contributed by atoms with Crippen LogP contribution in [0.4, 0.5) is 4.79 Å².